The third-order valence-electron chi connectivity index (χ3n) is 3.89. The molecular weight excluding hydrogens is 322 g/mol. The van der Waals surface area contributed by atoms with Gasteiger partial charge in [-0.1, -0.05) is 24.3 Å². The summed E-state index contributed by atoms with van der Waals surface area (Å²) >= 11 is 1.65. The highest BCUT2D eigenvalue weighted by atomic mass is 32.1. The molecule has 0 aliphatic heterocycles. The summed E-state index contributed by atoms with van der Waals surface area (Å²) in [6.07, 6.45) is -0.751. The lowest BCUT2D eigenvalue weighted by Gasteiger charge is -2.12. The molecule has 0 spiro atoms. The second-order valence-electron chi connectivity index (χ2n) is 5.69. The molecule has 24 heavy (non-hydrogen) atoms. The van der Waals surface area contributed by atoms with Crippen LogP contribution in [0.5, 0.6) is 0 Å². The Labute approximate surface area is 144 Å². The van der Waals surface area contributed by atoms with Crippen LogP contribution >= 0.6 is 11.3 Å². The normalized spacial score (nSPS) is 12.1. The summed E-state index contributed by atoms with van der Waals surface area (Å²) in [4.78, 5) is 12.1. The van der Waals surface area contributed by atoms with Gasteiger partial charge < -0.3 is 14.8 Å². The van der Waals surface area contributed by atoms with Gasteiger partial charge in [0.1, 0.15) is 11.5 Å². The molecule has 2 aromatic heterocycles. The number of amides is 1. The van der Waals surface area contributed by atoms with Crippen LogP contribution in [0.1, 0.15) is 33.5 Å². The molecule has 0 aliphatic rings. The molecule has 0 aliphatic carbocycles. The topological polar surface area (TPSA) is 62.5 Å². The number of aryl methyl sites for hydroxylation is 2. The average molecular weight is 341 g/mol. The molecule has 0 unspecified atom stereocenters. The van der Waals surface area contributed by atoms with E-state index in [0.717, 1.165) is 11.1 Å². The van der Waals surface area contributed by atoms with Crippen molar-refractivity contribution in [2.24, 2.45) is 0 Å². The minimum atomic E-state index is -0.751. The molecule has 1 atom stereocenters. The minimum Gasteiger partial charge on any atom is -0.466 e. The Morgan fingerprint density at radius 3 is 2.54 bits per heavy atom. The van der Waals surface area contributed by atoms with Crippen molar-refractivity contribution >= 4 is 17.2 Å². The zero-order valence-corrected chi connectivity index (χ0v) is 14.4. The zero-order valence-electron chi connectivity index (χ0n) is 13.6. The van der Waals surface area contributed by atoms with Gasteiger partial charge in [-0.25, -0.2) is 0 Å². The van der Waals surface area contributed by atoms with Crippen LogP contribution in [0.15, 0.2) is 51.6 Å². The van der Waals surface area contributed by atoms with Crippen molar-refractivity contribution in [2.75, 3.05) is 6.54 Å². The van der Waals surface area contributed by atoms with E-state index in [2.05, 4.69) is 16.8 Å². The maximum Gasteiger partial charge on any atom is 0.254 e. The molecule has 5 heteroatoms. The predicted molar refractivity (Wildman–Crippen MR) is 95.2 cm³/mol. The number of hydrogen-bond acceptors (Lipinski definition) is 4. The second kappa shape index (κ2) is 7.03. The monoisotopic (exact) mass is 341 g/mol. The number of carbonyl (C=O) groups is 1. The Morgan fingerprint density at radius 2 is 1.96 bits per heavy atom. The Balaban J connectivity index is 1.61. The summed E-state index contributed by atoms with van der Waals surface area (Å²) in [6.45, 7) is 3.70. The number of furan rings is 1. The first-order chi connectivity index (χ1) is 11.5. The molecule has 2 N–H and O–H groups in total. The fourth-order valence-corrected chi connectivity index (χ4v) is 3.25. The summed E-state index contributed by atoms with van der Waals surface area (Å²) in [6, 6.07) is 11.5. The molecule has 0 fully saturated rings. The minimum absolute atomic E-state index is 0.153. The van der Waals surface area contributed by atoms with Gasteiger partial charge in [0.2, 0.25) is 0 Å². The third kappa shape index (κ3) is 3.58. The molecule has 0 saturated carbocycles. The van der Waals surface area contributed by atoms with Gasteiger partial charge in [-0.3, -0.25) is 4.79 Å². The Morgan fingerprint density at radius 1 is 1.21 bits per heavy atom. The van der Waals surface area contributed by atoms with Gasteiger partial charge in [-0.2, -0.15) is 11.3 Å². The van der Waals surface area contributed by atoms with Crippen LogP contribution in [-0.4, -0.2) is 17.6 Å². The smallest absolute Gasteiger partial charge is 0.254 e. The van der Waals surface area contributed by atoms with Crippen molar-refractivity contribution in [1.29, 1.82) is 0 Å². The van der Waals surface area contributed by atoms with Crippen LogP contribution in [0, 0.1) is 13.8 Å². The van der Waals surface area contributed by atoms with Crippen molar-refractivity contribution in [3.8, 4) is 11.1 Å². The van der Waals surface area contributed by atoms with E-state index in [-0.39, 0.29) is 12.5 Å². The quantitative estimate of drug-likeness (QED) is 0.735. The van der Waals surface area contributed by atoms with E-state index in [1.807, 2.05) is 29.6 Å². The number of aliphatic hydroxyl groups is 1. The molecule has 0 radical (unpaired) electrons. The molecule has 2 heterocycles. The Bertz CT molecular complexity index is 819. The van der Waals surface area contributed by atoms with Crippen molar-refractivity contribution < 1.29 is 14.3 Å². The zero-order chi connectivity index (χ0) is 17.1. The number of hydrogen-bond donors (Lipinski definition) is 2. The predicted octanol–water partition coefficient (Wildman–Crippen LogP) is 4.09. The molecule has 1 aromatic carbocycles. The number of rotatable bonds is 5. The van der Waals surface area contributed by atoms with E-state index in [0.29, 0.717) is 17.1 Å². The summed E-state index contributed by atoms with van der Waals surface area (Å²) in [7, 11) is 0. The van der Waals surface area contributed by atoms with Gasteiger partial charge in [0.25, 0.3) is 5.91 Å². The highest BCUT2D eigenvalue weighted by Gasteiger charge is 2.15. The van der Waals surface area contributed by atoms with Gasteiger partial charge in [-0.15, -0.1) is 0 Å². The van der Waals surface area contributed by atoms with E-state index in [1.54, 1.807) is 31.3 Å². The van der Waals surface area contributed by atoms with Crippen molar-refractivity contribution in [1.82, 2.24) is 5.32 Å². The molecule has 3 aromatic rings. The maximum atomic E-state index is 12.1. The van der Waals surface area contributed by atoms with Gasteiger partial charge in [0.05, 0.1) is 11.7 Å². The van der Waals surface area contributed by atoms with Crippen LogP contribution in [0.25, 0.3) is 11.1 Å². The number of aliphatic hydroxyl groups excluding tert-OH is 1. The molecular formula is C19H19NO3S. The number of nitrogens with one attached hydrogen (secondary N) is 1. The summed E-state index contributed by atoms with van der Waals surface area (Å²) in [5.74, 6) is 1.04. The van der Waals surface area contributed by atoms with E-state index in [1.165, 1.54) is 5.56 Å². The van der Waals surface area contributed by atoms with Gasteiger partial charge in [-0.05, 0) is 53.4 Å². The fourth-order valence-electron chi connectivity index (χ4n) is 2.59. The van der Waals surface area contributed by atoms with E-state index in [4.69, 9.17) is 4.42 Å². The first-order valence-electron chi connectivity index (χ1n) is 7.70. The maximum absolute atomic E-state index is 12.1. The fraction of sp³-hybridized carbons (Fsp3) is 0.211. The third-order valence-corrected chi connectivity index (χ3v) is 4.57. The number of benzene rings is 1. The first-order valence-corrected chi connectivity index (χ1v) is 8.64. The lowest BCUT2D eigenvalue weighted by Crippen LogP contribution is -2.28. The standard InChI is InChI=1S/C19H19NO3S/c1-12-9-17(13(2)23-12)19(22)20-10-18(21)15-5-3-14(4-6-15)16-7-8-24-11-16/h3-9,11,18,21H,10H2,1-2H3,(H,20,22)/t18-/m1/s1. The van der Waals surface area contributed by atoms with Gasteiger partial charge >= 0.3 is 0 Å². The highest BCUT2D eigenvalue weighted by molar-refractivity contribution is 7.08. The molecule has 1 amide bonds. The van der Waals surface area contributed by atoms with E-state index in [9.17, 15) is 9.90 Å². The largest absolute Gasteiger partial charge is 0.466 e. The second-order valence-corrected chi connectivity index (χ2v) is 6.47. The molecule has 0 saturated heterocycles. The highest BCUT2D eigenvalue weighted by Crippen LogP contribution is 2.24. The lowest BCUT2D eigenvalue weighted by atomic mass is 10.0. The van der Waals surface area contributed by atoms with Crippen LogP contribution in [0.4, 0.5) is 0 Å². The Hall–Kier alpha value is -2.37. The average Bonchev–Trinajstić information content (AvgIpc) is 3.22. The van der Waals surface area contributed by atoms with Crippen LogP contribution in [0.2, 0.25) is 0 Å². The van der Waals surface area contributed by atoms with Crippen molar-refractivity contribution in [3.63, 3.8) is 0 Å². The molecule has 4 nitrogen and oxygen atoms in total. The SMILES string of the molecule is Cc1cc(C(=O)NC[C@@H](O)c2ccc(-c3ccsc3)cc2)c(C)o1. The lowest BCUT2D eigenvalue weighted by molar-refractivity contribution is 0.0915. The van der Waals surface area contributed by atoms with Crippen LogP contribution < -0.4 is 5.32 Å². The molecule has 3 rings (SSSR count). The van der Waals surface area contributed by atoms with E-state index >= 15 is 0 Å². The summed E-state index contributed by atoms with van der Waals surface area (Å²) in [5.41, 5.74) is 3.56. The van der Waals surface area contributed by atoms with Gasteiger partial charge in [0, 0.05) is 6.54 Å². The molecule has 124 valence electrons. The number of thiophene rings is 1. The number of carbonyl (C=O) groups excluding carboxylic acids is 1. The van der Waals surface area contributed by atoms with Crippen molar-refractivity contribution in [3.05, 3.63) is 69.8 Å². The van der Waals surface area contributed by atoms with Crippen molar-refractivity contribution in [2.45, 2.75) is 20.0 Å². The first kappa shape index (κ1) is 16.5. The van der Waals surface area contributed by atoms with Crippen LogP contribution in [0.3, 0.4) is 0 Å². The van der Waals surface area contributed by atoms with Crippen LogP contribution in [-0.2, 0) is 0 Å². The Kier molecular flexibility index (Phi) is 4.83. The molecule has 0 bridgehead atoms. The van der Waals surface area contributed by atoms with Gasteiger partial charge in [0.15, 0.2) is 0 Å². The summed E-state index contributed by atoms with van der Waals surface area (Å²) in [5, 5.41) is 17.1. The summed E-state index contributed by atoms with van der Waals surface area (Å²) < 4.78 is 5.35. The van der Waals surface area contributed by atoms with E-state index < -0.39 is 6.10 Å².